The fraction of sp³-hybridized carbons (Fsp3) is 0.500. The minimum Gasteiger partial charge on any atom is -0.295 e. The van der Waals surface area contributed by atoms with Crippen LogP contribution in [0.1, 0.15) is 60.9 Å². The minimum atomic E-state index is -0.209. The molecule has 0 heterocycles. The fourth-order valence-corrected chi connectivity index (χ4v) is 2.49. The maximum atomic E-state index is 13.8. The van der Waals surface area contributed by atoms with Crippen molar-refractivity contribution < 1.29 is 9.18 Å². The Labute approximate surface area is 95.7 Å². The summed E-state index contributed by atoms with van der Waals surface area (Å²) in [5.41, 5.74) is 1.27. The summed E-state index contributed by atoms with van der Waals surface area (Å²) in [6, 6.07) is 4.92. The molecule has 2 heteroatoms. The van der Waals surface area contributed by atoms with Crippen molar-refractivity contribution in [1.82, 2.24) is 0 Å². The van der Waals surface area contributed by atoms with Gasteiger partial charge >= 0.3 is 0 Å². The van der Waals surface area contributed by atoms with Crippen LogP contribution in [0.4, 0.5) is 4.39 Å². The van der Waals surface area contributed by atoms with Crippen LogP contribution >= 0.6 is 0 Å². The molecule has 0 amide bonds. The van der Waals surface area contributed by atoms with Crippen LogP contribution in [0.25, 0.3) is 0 Å². The molecule has 0 aromatic heterocycles. The van der Waals surface area contributed by atoms with E-state index in [1.165, 1.54) is 32.3 Å². The van der Waals surface area contributed by atoms with Crippen molar-refractivity contribution in [2.75, 3.05) is 0 Å². The van der Waals surface area contributed by atoms with Gasteiger partial charge in [0.2, 0.25) is 0 Å². The molecule has 0 atom stereocenters. The van der Waals surface area contributed by atoms with Crippen LogP contribution in [0.15, 0.2) is 18.2 Å². The largest absolute Gasteiger partial charge is 0.295 e. The van der Waals surface area contributed by atoms with Crippen LogP contribution < -0.4 is 0 Å². The number of carbonyl (C=O) groups is 1. The van der Waals surface area contributed by atoms with Crippen molar-refractivity contribution in [1.29, 1.82) is 0 Å². The first-order valence-corrected chi connectivity index (χ1v) is 5.99. The second kappa shape index (κ2) is 4.77. The fourth-order valence-electron chi connectivity index (χ4n) is 2.49. The van der Waals surface area contributed by atoms with Crippen LogP contribution in [-0.4, -0.2) is 5.78 Å². The number of hydrogen-bond donors (Lipinski definition) is 0. The van der Waals surface area contributed by atoms with Crippen molar-refractivity contribution >= 4 is 5.78 Å². The number of halogens is 1. The van der Waals surface area contributed by atoms with Crippen molar-refractivity contribution in [3.8, 4) is 0 Å². The average Bonchev–Trinajstić information content (AvgIpc) is 2.30. The zero-order chi connectivity index (χ0) is 11.5. The first kappa shape index (κ1) is 11.3. The summed E-state index contributed by atoms with van der Waals surface area (Å²) in [5.74, 6) is 0.0726. The highest BCUT2D eigenvalue weighted by atomic mass is 19.1. The quantitative estimate of drug-likeness (QED) is 0.686. The van der Waals surface area contributed by atoms with Crippen LogP contribution in [0.3, 0.4) is 0 Å². The molecule has 1 aromatic carbocycles. The highest BCUT2D eigenvalue weighted by molar-refractivity contribution is 5.94. The van der Waals surface area contributed by atoms with Gasteiger partial charge in [0, 0.05) is 5.56 Å². The van der Waals surface area contributed by atoms with Gasteiger partial charge < -0.3 is 0 Å². The average molecular weight is 220 g/mol. The SMILES string of the molecule is CC(=O)c1ccc(C2CCCCC2)c(F)c1. The molecule has 1 fully saturated rings. The van der Waals surface area contributed by atoms with E-state index in [2.05, 4.69) is 0 Å². The number of ketones is 1. The number of hydrogen-bond acceptors (Lipinski definition) is 1. The van der Waals surface area contributed by atoms with Gasteiger partial charge in [-0.05, 0) is 37.3 Å². The smallest absolute Gasteiger partial charge is 0.159 e. The van der Waals surface area contributed by atoms with Crippen LogP contribution in [-0.2, 0) is 0 Å². The molecule has 1 aliphatic rings. The Kier molecular flexibility index (Phi) is 3.37. The summed E-state index contributed by atoms with van der Waals surface area (Å²) in [4.78, 5) is 11.1. The molecule has 0 spiro atoms. The topological polar surface area (TPSA) is 17.1 Å². The summed E-state index contributed by atoms with van der Waals surface area (Å²) < 4.78 is 13.8. The van der Waals surface area contributed by atoms with Gasteiger partial charge in [0.15, 0.2) is 5.78 Å². The summed E-state index contributed by atoms with van der Waals surface area (Å²) in [5, 5.41) is 0. The number of Topliss-reactive ketones (excluding diaryl/α,β-unsaturated/α-hetero) is 1. The summed E-state index contributed by atoms with van der Waals surface area (Å²) in [6.45, 7) is 1.47. The molecule has 0 bridgehead atoms. The Morgan fingerprint density at radius 3 is 2.50 bits per heavy atom. The normalized spacial score (nSPS) is 17.4. The van der Waals surface area contributed by atoms with Gasteiger partial charge in [0.25, 0.3) is 0 Å². The minimum absolute atomic E-state index is 0.0749. The van der Waals surface area contributed by atoms with E-state index in [0.29, 0.717) is 11.5 Å². The third-order valence-electron chi connectivity index (χ3n) is 3.45. The predicted octanol–water partition coefficient (Wildman–Crippen LogP) is 4.08. The first-order chi connectivity index (χ1) is 7.68. The molecule has 1 saturated carbocycles. The Morgan fingerprint density at radius 1 is 1.25 bits per heavy atom. The van der Waals surface area contributed by atoms with Gasteiger partial charge in [-0.3, -0.25) is 4.79 Å². The highest BCUT2D eigenvalue weighted by Gasteiger charge is 2.19. The lowest BCUT2D eigenvalue weighted by Gasteiger charge is -2.22. The Balaban J connectivity index is 2.24. The zero-order valence-electron chi connectivity index (χ0n) is 9.63. The molecule has 2 rings (SSSR count). The van der Waals surface area contributed by atoms with E-state index in [0.717, 1.165) is 18.4 Å². The molecular weight excluding hydrogens is 203 g/mol. The van der Waals surface area contributed by atoms with Gasteiger partial charge in [0.1, 0.15) is 5.82 Å². The van der Waals surface area contributed by atoms with E-state index < -0.39 is 0 Å². The molecule has 16 heavy (non-hydrogen) atoms. The van der Waals surface area contributed by atoms with E-state index in [4.69, 9.17) is 0 Å². The zero-order valence-corrected chi connectivity index (χ0v) is 9.63. The summed E-state index contributed by atoms with van der Waals surface area (Å²) >= 11 is 0. The molecule has 0 saturated heterocycles. The lowest BCUT2D eigenvalue weighted by molar-refractivity contribution is 0.101. The lowest BCUT2D eigenvalue weighted by atomic mass is 9.83. The molecule has 1 aromatic rings. The second-order valence-electron chi connectivity index (χ2n) is 4.63. The van der Waals surface area contributed by atoms with Gasteiger partial charge in [0.05, 0.1) is 0 Å². The third kappa shape index (κ3) is 2.31. The second-order valence-corrected chi connectivity index (χ2v) is 4.63. The van der Waals surface area contributed by atoms with E-state index in [-0.39, 0.29) is 11.6 Å². The van der Waals surface area contributed by atoms with Crippen molar-refractivity contribution in [3.63, 3.8) is 0 Å². The molecule has 0 N–H and O–H groups in total. The third-order valence-corrected chi connectivity index (χ3v) is 3.45. The van der Waals surface area contributed by atoms with Gasteiger partial charge in [-0.2, -0.15) is 0 Å². The van der Waals surface area contributed by atoms with E-state index in [1.54, 1.807) is 12.1 Å². The number of carbonyl (C=O) groups excluding carboxylic acids is 1. The molecule has 0 radical (unpaired) electrons. The van der Waals surface area contributed by atoms with Gasteiger partial charge in [-0.1, -0.05) is 31.4 Å². The molecule has 86 valence electrons. The predicted molar refractivity (Wildman–Crippen MR) is 62.2 cm³/mol. The Bertz CT molecular complexity index is 392. The standard InChI is InChI=1S/C14H17FO/c1-10(16)12-7-8-13(14(15)9-12)11-5-3-2-4-6-11/h7-9,11H,2-6H2,1H3. The lowest BCUT2D eigenvalue weighted by Crippen LogP contribution is -2.07. The van der Waals surface area contributed by atoms with Gasteiger partial charge in [-0.15, -0.1) is 0 Å². The van der Waals surface area contributed by atoms with E-state index in [9.17, 15) is 9.18 Å². The van der Waals surface area contributed by atoms with E-state index >= 15 is 0 Å². The maximum absolute atomic E-state index is 13.8. The summed E-state index contributed by atoms with van der Waals surface area (Å²) in [6.07, 6.45) is 5.81. The number of benzene rings is 1. The van der Waals surface area contributed by atoms with Crippen molar-refractivity contribution in [2.24, 2.45) is 0 Å². The molecule has 1 nitrogen and oxygen atoms in total. The van der Waals surface area contributed by atoms with Crippen LogP contribution in [0.2, 0.25) is 0 Å². The molecule has 0 unspecified atom stereocenters. The van der Waals surface area contributed by atoms with Crippen molar-refractivity contribution in [3.05, 3.63) is 35.1 Å². The van der Waals surface area contributed by atoms with Gasteiger partial charge in [-0.25, -0.2) is 4.39 Å². The number of rotatable bonds is 2. The molecule has 1 aliphatic carbocycles. The van der Waals surface area contributed by atoms with Crippen LogP contribution in [0, 0.1) is 5.82 Å². The molecular formula is C14H17FO. The highest BCUT2D eigenvalue weighted by Crippen LogP contribution is 2.34. The Morgan fingerprint density at radius 2 is 1.94 bits per heavy atom. The van der Waals surface area contributed by atoms with Crippen molar-refractivity contribution in [2.45, 2.75) is 44.9 Å². The van der Waals surface area contributed by atoms with E-state index in [1.807, 2.05) is 0 Å². The Hall–Kier alpha value is -1.18. The summed E-state index contributed by atoms with van der Waals surface area (Å²) in [7, 11) is 0. The monoisotopic (exact) mass is 220 g/mol. The van der Waals surface area contributed by atoms with Crippen LogP contribution in [0.5, 0.6) is 0 Å². The maximum Gasteiger partial charge on any atom is 0.159 e. The molecule has 0 aliphatic heterocycles. The first-order valence-electron chi connectivity index (χ1n) is 5.99.